The van der Waals surface area contributed by atoms with Crippen molar-refractivity contribution in [3.8, 4) is 5.75 Å². The number of para-hydroxylation sites is 1. The van der Waals surface area contributed by atoms with Gasteiger partial charge in [0.2, 0.25) is 0 Å². The van der Waals surface area contributed by atoms with Crippen molar-refractivity contribution in [2.24, 2.45) is 0 Å². The molecule has 6 heteroatoms. The van der Waals surface area contributed by atoms with E-state index in [2.05, 4.69) is 4.74 Å². The average molecular weight is 258 g/mol. The lowest BCUT2D eigenvalue weighted by molar-refractivity contribution is -0.137. The Kier molecular flexibility index (Phi) is 5.19. The van der Waals surface area contributed by atoms with Gasteiger partial charge >= 0.3 is 13.6 Å². The minimum Gasteiger partial charge on any atom is -0.468 e. The van der Waals surface area contributed by atoms with Crippen LogP contribution in [0.25, 0.3) is 0 Å². The maximum absolute atomic E-state index is 12.2. The number of esters is 1. The summed E-state index contributed by atoms with van der Waals surface area (Å²) < 4.78 is 27.0. The molecule has 0 spiro atoms. The molecule has 1 aromatic rings. The smallest absolute Gasteiger partial charge is 0.390 e. The number of hydrogen-bond donors (Lipinski definition) is 0. The van der Waals surface area contributed by atoms with Crippen LogP contribution in [0, 0.1) is 0 Å². The predicted molar refractivity (Wildman–Crippen MR) is 63.2 cm³/mol. The number of carbonyl (C=O) groups excluding carboxylic acids is 1. The number of methoxy groups -OCH3 is 1. The predicted octanol–water partition coefficient (Wildman–Crippen LogP) is 2.47. The molecule has 0 amide bonds. The molecule has 1 atom stereocenters. The summed E-state index contributed by atoms with van der Waals surface area (Å²) in [7, 11) is -2.27. The summed E-state index contributed by atoms with van der Waals surface area (Å²) in [6.45, 7) is 1.87. The summed E-state index contributed by atoms with van der Waals surface area (Å²) in [6.07, 6.45) is -0.397. The third-order valence-electron chi connectivity index (χ3n) is 1.86. The van der Waals surface area contributed by atoms with Crippen LogP contribution in [0.2, 0.25) is 0 Å². The fourth-order valence-corrected chi connectivity index (χ4v) is 2.66. The third kappa shape index (κ3) is 4.59. The van der Waals surface area contributed by atoms with Crippen LogP contribution in [-0.2, 0) is 18.6 Å². The normalized spacial score (nSPS) is 13.8. The van der Waals surface area contributed by atoms with E-state index >= 15 is 0 Å². The van der Waals surface area contributed by atoms with Crippen LogP contribution in [0.1, 0.15) is 6.92 Å². The molecule has 0 bridgehead atoms. The van der Waals surface area contributed by atoms with Gasteiger partial charge < -0.3 is 9.26 Å². The largest absolute Gasteiger partial charge is 0.468 e. The Morgan fingerprint density at radius 3 is 2.47 bits per heavy atom. The highest BCUT2D eigenvalue weighted by Gasteiger charge is 2.30. The quantitative estimate of drug-likeness (QED) is 0.579. The Morgan fingerprint density at radius 1 is 1.29 bits per heavy atom. The zero-order valence-electron chi connectivity index (χ0n) is 9.79. The van der Waals surface area contributed by atoms with E-state index in [0.717, 1.165) is 0 Å². The zero-order chi connectivity index (χ0) is 12.7. The second-order valence-electron chi connectivity index (χ2n) is 3.17. The van der Waals surface area contributed by atoms with Crippen molar-refractivity contribution in [3.63, 3.8) is 0 Å². The Hall–Kier alpha value is -1.32. The summed E-state index contributed by atoms with van der Waals surface area (Å²) in [6, 6.07) is 8.57. The van der Waals surface area contributed by atoms with E-state index in [4.69, 9.17) is 9.05 Å². The van der Waals surface area contributed by atoms with Gasteiger partial charge in [-0.1, -0.05) is 18.2 Å². The van der Waals surface area contributed by atoms with Crippen LogP contribution < -0.4 is 4.52 Å². The van der Waals surface area contributed by atoms with Gasteiger partial charge in [0, 0.05) is 0 Å². The summed E-state index contributed by atoms with van der Waals surface area (Å²) in [5, 5.41) is 0. The zero-order valence-corrected chi connectivity index (χ0v) is 10.7. The van der Waals surface area contributed by atoms with Gasteiger partial charge in [-0.3, -0.25) is 9.32 Å². The van der Waals surface area contributed by atoms with E-state index in [9.17, 15) is 9.36 Å². The molecule has 5 nitrogen and oxygen atoms in total. The molecule has 0 aliphatic rings. The minimum absolute atomic E-state index is 0.196. The van der Waals surface area contributed by atoms with Gasteiger partial charge in [-0.2, -0.15) is 0 Å². The molecule has 0 N–H and O–H groups in total. The topological polar surface area (TPSA) is 61.8 Å². The number of hydrogen-bond acceptors (Lipinski definition) is 5. The second-order valence-corrected chi connectivity index (χ2v) is 5.15. The van der Waals surface area contributed by atoms with Gasteiger partial charge in [0.05, 0.1) is 13.7 Å². The average Bonchev–Trinajstić information content (AvgIpc) is 2.30. The molecule has 0 aliphatic heterocycles. The molecule has 0 aromatic heterocycles. The van der Waals surface area contributed by atoms with E-state index in [1.807, 2.05) is 0 Å². The number of ether oxygens (including phenoxy) is 1. The summed E-state index contributed by atoms with van der Waals surface area (Å²) >= 11 is 0. The van der Waals surface area contributed by atoms with Crippen LogP contribution in [0.4, 0.5) is 0 Å². The summed E-state index contributed by atoms with van der Waals surface area (Å²) in [4.78, 5) is 11.1. The lowest BCUT2D eigenvalue weighted by atomic mass is 10.3. The first-order valence-corrected chi connectivity index (χ1v) is 6.87. The maximum Gasteiger partial charge on any atom is 0.390 e. The molecule has 94 valence electrons. The third-order valence-corrected chi connectivity index (χ3v) is 3.65. The van der Waals surface area contributed by atoms with Crippen molar-refractivity contribution in [1.29, 1.82) is 0 Å². The van der Waals surface area contributed by atoms with Crippen molar-refractivity contribution in [1.82, 2.24) is 0 Å². The Morgan fingerprint density at radius 2 is 1.94 bits per heavy atom. The molecule has 0 saturated carbocycles. The van der Waals surface area contributed by atoms with E-state index in [-0.39, 0.29) is 6.61 Å². The molecular formula is C11H15O5P. The molecule has 0 aliphatic carbocycles. The van der Waals surface area contributed by atoms with Gasteiger partial charge in [0.15, 0.2) is 6.16 Å². The standard InChI is InChI=1S/C11H15O5P/c1-3-15-17(13,9-11(12)14-2)16-10-7-5-4-6-8-10/h4-8H,3,9H2,1-2H3. The SMILES string of the molecule is CCOP(=O)(CC(=O)OC)Oc1ccccc1. The van der Waals surface area contributed by atoms with Crippen molar-refractivity contribution in [2.45, 2.75) is 6.92 Å². The molecular weight excluding hydrogens is 243 g/mol. The molecule has 1 unspecified atom stereocenters. The number of benzene rings is 1. The molecule has 0 fully saturated rings. The molecule has 0 radical (unpaired) electrons. The van der Waals surface area contributed by atoms with E-state index < -0.39 is 19.7 Å². The Bertz CT molecular complexity index is 404. The maximum atomic E-state index is 12.2. The Labute approximate surface area is 100 Å². The number of rotatable bonds is 6. The van der Waals surface area contributed by atoms with Crippen LogP contribution in [0.3, 0.4) is 0 Å². The van der Waals surface area contributed by atoms with Crippen LogP contribution >= 0.6 is 7.60 Å². The van der Waals surface area contributed by atoms with Gasteiger partial charge in [-0.25, -0.2) is 4.57 Å². The first-order valence-electron chi connectivity index (χ1n) is 5.14. The molecule has 0 heterocycles. The highest BCUT2D eigenvalue weighted by Crippen LogP contribution is 2.48. The Balaban J connectivity index is 2.78. The second kappa shape index (κ2) is 6.42. The van der Waals surface area contributed by atoms with Crippen molar-refractivity contribution >= 4 is 13.6 Å². The first-order chi connectivity index (χ1) is 8.09. The van der Waals surface area contributed by atoms with Crippen molar-refractivity contribution in [3.05, 3.63) is 30.3 Å². The monoisotopic (exact) mass is 258 g/mol. The lowest BCUT2D eigenvalue weighted by Crippen LogP contribution is -2.12. The number of carbonyl (C=O) groups is 1. The van der Waals surface area contributed by atoms with Crippen molar-refractivity contribution in [2.75, 3.05) is 19.9 Å². The van der Waals surface area contributed by atoms with Gasteiger partial charge in [0.1, 0.15) is 5.75 Å². The van der Waals surface area contributed by atoms with E-state index in [1.165, 1.54) is 7.11 Å². The van der Waals surface area contributed by atoms with Gasteiger partial charge in [-0.15, -0.1) is 0 Å². The van der Waals surface area contributed by atoms with Gasteiger partial charge in [-0.05, 0) is 19.1 Å². The van der Waals surface area contributed by atoms with Crippen molar-refractivity contribution < 1.29 is 23.1 Å². The first kappa shape index (κ1) is 13.7. The minimum atomic E-state index is -3.49. The molecule has 0 saturated heterocycles. The van der Waals surface area contributed by atoms with Gasteiger partial charge in [0.25, 0.3) is 0 Å². The lowest BCUT2D eigenvalue weighted by Gasteiger charge is -2.17. The fourth-order valence-electron chi connectivity index (χ4n) is 1.17. The highest BCUT2D eigenvalue weighted by atomic mass is 31.2. The summed E-state index contributed by atoms with van der Waals surface area (Å²) in [5.74, 6) is -0.231. The molecule has 17 heavy (non-hydrogen) atoms. The van der Waals surface area contributed by atoms with Crippen LogP contribution in [-0.4, -0.2) is 25.8 Å². The molecule has 1 aromatic carbocycles. The summed E-state index contributed by atoms with van der Waals surface area (Å²) in [5.41, 5.74) is 0. The van der Waals surface area contributed by atoms with Crippen LogP contribution in [0.15, 0.2) is 30.3 Å². The fraction of sp³-hybridized carbons (Fsp3) is 0.364. The molecule has 1 rings (SSSR count). The highest BCUT2D eigenvalue weighted by molar-refractivity contribution is 7.55. The van der Waals surface area contributed by atoms with Crippen LogP contribution in [0.5, 0.6) is 5.75 Å². The van der Waals surface area contributed by atoms with E-state index in [1.54, 1.807) is 37.3 Å². The van der Waals surface area contributed by atoms with E-state index in [0.29, 0.717) is 5.75 Å².